The summed E-state index contributed by atoms with van der Waals surface area (Å²) in [6, 6.07) is 0. The van der Waals surface area contributed by atoms with Gasteiger partial charge < -0.3 is 10.4 Å². The Morgan fingerprint density at radius 3 is 2.67 bits per heavy atom. The predicted octanol–water partition coefficient (Wildman–Crippen LogP) is 1.10. The van der Waals surface area contributed by atoms with Crippen molar-refractivity contribution in [2.75, 3.05) is 26.0 Å². The Bertz CT molecular complexity index is 136. The van der Waals surface area contributed by atoms with Crippen molar-refractivity contribution in [3.05, 3.63) is 0 Å². The van der Waals surface area contributed by atoms with Gasteiger partial charge in [-0.2, -0.15) is 11.8 Å². The van der Waals surface area contributed by atoms with Crippen molar-refractivity contribution in [2.45, 2.75) is 24.5 Å². The van der Waals surface area contributed by atoms with E-state index >= 15 is 0 Å². The molecule has 0 aromatic carbocycles. The van der Waals surface area contributed by atoms with Gasteiger partial charge in [0.05, 0.1) is 0 Å². The molecule has 3 heteroatoms. The number of aliphatic hydroxyl groups is 1. The van der Waals surface area contributed by atoms with Crippen molar-refractivity contribution in [3.63, 3.8) is 0 Å². The van der Waals surface area contributed by atoms with E-state index in [0.29, 0.717) is 17.3 Å². The van der Waals surface area contributed by atoms with E-state index in [0.717, 1.165) is 13.1 Å². The van der Waals surface area contributed by atoms with E-state index in [1.807, 2.05) is 11.8 Å². The first kappa shape index (κ1) is 10.4. The van der Waals surface area contributed by atoms with Crippen LogP contribution in [-0.2, 0) is 0 Å². The maximum absolute atomic E-state index is 8.79. The van der Waals surface area contributed by atoms with Gasteiger partial charge in [-0.1, -0.05) is 6.92 Å². The van der Waals surface area contributed by atoms with E-state index in [2.05, 4.69) is 18.5 Å². The van der Waals surface area contributed by atoms with Gasteiger partial charge >= 0.3 is 0 Å². The minimum atomic E-state index is 0.291. The molecule has 12 heavy (non-hydrogen) atoms. The molecule has 0 amide bonds. The fraction of sp³-hybridized carbons (Fsp3) is 1.00. The van der Waals surface area contributed by atoms with Crippen LogP contribution in [0.25, 0.3) is 0 Å². The first-order valence-corrected chi connectivity index (χ1v) is 5.81. The Morgan fingerprint density at radius 1 is 1.58 bits per heavy atom. The van der Waals surface area contributed by atoms with Gasteiger partial charge in [0.2, 0.25) is 0 Å². The summed E-state index contributed by atoms with van der Waals surface area (Å²) >= 11 is 1.97. The molecule has 1 fully saturated rings. The topological polar surface area (TPSA) is 32.3 Å². The Kier molecular flexibility index (Phi) is 3.87. The van der Waals surface area contributed by atoms with Crippen molar-refractivity contribution in [2.24, 2.45) is 5.92 Å². The highest BCUT2D eigenvalue weighted by molar-refractivity contribution is 8.00. The summed E-state index contributed by atoms with van der Waals surface area (Å²) in [6.45, 7) is 4.41. The summed E-state index contributed by atoms with van der Waals surface area (Å²) < 4.78 is 0.551. The van der Waals surface area contributed by atoms with Crippen LogP contribution in [0.5, 0.6) is 0 Å². The number of hydrogen-bond donors (Lipinski definition) is 2. The summed E-state index contributed by atoms with van der Waals surface area (Å²) in [6.07, 6.45) is 4.90. The summed E-state index contributed by atoms with van der Waals surface area (Å²) in [5.74, 6) is 0.391. The highest BCUT2D eigenvalue weighted by Crippen LogP contribution is 2.46. The summed E-state index contributed by atoms with van der Waals surface area (Å²) in [7, 11) is 0. The fourth-order valence-electron chi connectivity index (χ4n) is 1.20. The predicted molar refractivity (Wildman–Crippen MR) is 54.6 cm³/mol. The molecule has 1 aliphatic rings. The third-order valence-electron chi connectivity index (χ3n) is 2.49. The molecule has 0 aromatic rings. The summed E-state index contributed by atoms with van der Waals surface area (Å²) in [5, 5.41) is 12.2. The average Bonchev–Trinajstić information content (AvgIpc) is 2.85. The molecule has 2 nitrogen and oxygen atoms in total. The first-order valence-electron chi connectivity index (χ1n) is 4.59. The van der Waals surface area contributed by atoms with Crippen molar-refractivity contribution >= 4 is 11.8 Å². The Morgan fingerprint density at radius 2 is 2.25 bits per heavy atom. The molecule has 0 aromatic heterocycles. The van der Waals surface area contributed by atoms with Gasteiger partial charge in [-0.15, -0.1) is 0 Å². The molecule has 0 heterocycles. The van der Waals surface area contributed by atoms with E-state index in [4.69, 9.17) is 5.11 Å². The zero-order valence-electron chi connectivity index (χ0n) is 7.97. The third-order valence-corrected chi connectivity index (χ3v) is 3.91. The van der Waals surface area contributed by atoms with Crippen LogP contribution >= 0.6 is 11.8 Å². The summed E-state index contributed by atoms with van der Waals surface area (Å²) in [4.78, 5) is 0. The second kappa shape index (κ2) is 4.49. The molecule has 0 aliphatic heterocycles. The largest absolute Gasteiger partial charge is 0.396 e. The molecule has 1 atom stereocenters. The monoisotopic (exact) mass is 189 g/mol. The molecular weight excluding hydrogens is 170 g/mol. The number of aliphatic hydroxyl groups excluding tert-OH is 1. The lowest BCUT2D eigenvalue weighted by atomic mass is 10.2. The van der Waals surface area contributed by atoms with Crippen LogP contribution in [-0.4, -0.2) is 35.8 Å². The van der Waals surface area contributed by atoms with Gasteiger partial charge in [0.25, 0.3) is 0 Å². The SMILES string of the molecule is CSC1(CNCC(C)CO)CC1. The molecule has 0 spiro atoms. The van der Waals surface area contributed by atoms with Crippen LogP contribution in [0.3, 0.4) is 0 Å². The van der Waals surface area contributed by atoms with E-state index < -0.39 is 0 Å². The molecule has 1 aliphatic carbocycles. The van der Waals surface area contributed by atoms with Crippen LogP contribution in [0.1, 0.15) is 19.8 Å². The Labute approximate surface area is 79.1 Å². The highest BCUT2D eigenvalue weighted by atomic mass is 32.2. The normalized spacial score (nSPS) is 22.2. The van der Waals surface area contributed by atoms with Crippen LogP contribution in [0.15, 0.2) is 0 Å². The number of nitrogens with one attached hydrogen (secondary N) is 1. The molecule has 1 unspecified atom stereocenters. The van der Waals surface area contributed by atoms with E-state index in [-0.39, 0.29) is 0 Å². The van der Waals surface area contributed by atoms with E-state index in [1.165, 1.54) is 12.8 Å². The quantitative estimate of drug-likeness (QED) is 0.656. The second-order valence-electron chi connectivity index (χ2n) is 3.81. The van der Waals surface area contributed by atoms with Gasteiger partial charge in [-0.3, -0.25) is 0 Å². The van der Waals surface area contributed by atoms with Gasteiger partial charge in [0.1, 0.15) is 0 Å². The van der Waals surface area contributed by atoms with E-state index in [1.54, 1.807) is 0 Å². The van der Waals surface area contributed by atoms with Crippen LogP contribution in [0, 0.1) is 5.92 Å². The van der Waals surface area contributed by atoms with Crippen molar-refractivity contribution < 1.29 is 5.11 Å². The second-order valence-corrected chi connectivity index (χ2v) is 5.08. The summed E-state index contributed by atoms with van der Waals surface area (Å²) in [5.41, 5.74) is 0. The van der Waals surface area contributed by atoms with Gasteiger partial charge in [0.15, 0.2) is 0 Å². The van der Waals surface area contributed by atoms with Gasteiger partial charge in [-0.25, -0.2) is 0 Å². The average molecular weight is 189 g/mol. The molecule has 2 N–H and O–H groups in total. The smallest absolute Gasteiger partial charge is 0.0468 e. The zero-order chi connectivity index (χ0) is 9.03. The Balaban J connectivity index is 2.02. The number of rotatable bonds is 6. The molecule has 1 saturated carbocycles. The third kappa shape index (κ3) is 2.96. The van der Waals surface area contributed by atoms with Crippen molar-refractivity contribution in [1.29, 1.82) is 0 Å². The van der Waals surface area contributed by atoms with Crippen molar-refractivity contribution in [3.8, 4) is 0 Å². The minimum absolute atomic E-state index is 0.291. The number of thioether (sulfide) groups is 1. The molecule has 72 valence electrons. The van der Waals surface area contributed by atoms with E-state index in [9.17, 15) is 0 Å². The zero-order valence-corrected chi connectivity index (χ0v) is 8.78. The van der Waals surface area contributed by atoms with Crippen LogP contribution in [0.2, 0.25) is 0 Å². The van der Waals surface area contributed by atoms with Gasteiger partial charge in [0, 0.05) is 17.9 Å². The molecular formula is C9H19NOS. The number of hydrogen-bond acceptors (Lipinski definition) is 3. The molecule has 0 bridgehead atoms. The minimum Gasteiger partial charge on any atom is -0.396 e. The molecule has 0 saturated heterocycles. The Hall–Kier alpha value is 0.270. The van der Waals surface area contributed by atoms with Crippen molar-refractivity contribution in [1.82, 2.24) is 5.32 Å². The highest BCUT2D eigenvalue weighted by Gasteiger charge is 2.41. The maximum atomic E-state index is 8.79. The molecule has 0 radical (unpaired) electrons. The lowest BCUT2D eigenvalue weighted by Gasteiger charge is -2.15. The van der Waals surface area contributed by atoms with Crippen LogP contribution in [0.4, 0.5) is 0 Å². The first-order chi connectivity index (χ1) is 5.72. The van der Waals surface area contributed by atoms with Crippen LogP contribution < -0.4 is 5.32 Å². The maximum Gasteiger partial charge on any atom is 0.0468 e. The van der Waals surface area contributed by atoms with Gasteiger partial charge in [-0.05, 0) is 31.6 Å². The lowest BCUT2D eigenvalue weighted by molar-refractivity contribution is 0.234. The molecule has 1 rings (SSSR count). The lowest BCUT2D eigenvalue weighted by Crippen LogP contribution is -2.30. The standard InChI is InChI=1S/C9H19NOS/c1-8(6-11)5-10-7-9(12-2)3-4-9/h8,10-11H,3-7H2,1-2H3. The fourth-order valence-corrected chi connectivity index (χ4v) is 1.96.